The van der Waals surface area contributed by atoms with Crippen LogP contribution in [0.1, 0.15) is 32.6 Å². The Morgan fingerprint density at radius 2 is 2.06 bits per heavy atom. The molecular formula is C13H22N2O3. The lowest BCUT2D eigenvalue weighted by Crippen LogP contribution is -2.45. The van der Waals surface area contributed by atoms with Gasteiger partial charge in [0.05, 0.1) is 6.42 Å². The zero-order valence-corrected chi connectivity index (χ0v) is 11.1. The summed E-state index contributed by atoms with van der Waals surface area (Å²) < 4.78 is 0. The predicted octanol–water partition coefficient (Wildman–Crippen LogP) is 1.54. The summed E-state index contributed by atoms with van der Waals surface area (Å²) in [5.41, 5.74) is 0. The molecule has 2 rings (SSSR count). The summed E-state index contributed by atoms with van der Waals surface area (Å²) in [5.74, 6) is 0.863. The second-order valence-corrected chi connectivity index (χ2v) is 5.84. The molecule has 3 unspecified atom stereocenters. The molecule has 102 valence electrons. The van der Waals surface area contributed by atoms with Crippen LogP contribution in [-0.2, 0) is 4.79 Å². The number of carboxylic acid groups (broad SMARTS) is 1. The maximum absolute atomic E-state index is 12.0. The van der Waals surface area contributed by atoms with Gasteiger partial charge in [0.15, 0.2) is 0 Å². The monoisotopic (exact) mass is 254 g/mol. The summed E-state index contributed by atoms with van der Waals surface area (Å²) in [7, 11) is 1.78. The van der Waals surface area contributed by atoms with Gasteiger partial charge >= 0.3 is 12.0 Å². The minimum absolute atomic E-state index is 0.0318. The summed E-state index contributed by atoms with van der Waals surface area (Å²) in [5, 5.41) is 11.7. The molecule has 5 heteroatoms. The van der Waals surface area contributed by atoms with Gasteiger partial charge in [0.1, 0.15) is 0 Å². The topological polar surface area (TPSA) is 69.6 Å². The molecule has 0 spiro atoms. The number of hydrogen-bond donors (Lipinski definition) is 2. The van der Waals surface area contributed by atoms with E-state index in [4.69, 9.17) is 5.11 Å². The number of aliphatic carboxylic acids is 1. The third-order valence-electron chi connectivity index (χ3n) is 4.03. The van der Waals surface area contributed by atoms with Gasteiger partial charge in [-0.15, -0.1) is 0 Å². The van der Waals surface area contributed by atoms with Crippen molar-refractivity contribution in [2.24, 2.45) is 17.8 Å². The van der Waals surface area contributed by atoms with Gasteiger partial charge in [-0.25, -0.2) is 4.79 Å². The van der Waals surface area contributed by atoms with Gasteiger partial charge in [-0.05, 0) is 37.0 Å². The highest BCUT2D eigenvalue weighted by molar-refractivity contribution is 5.75. The Hall–Kier alpha value is -1.26. The largest absolute Gasteiger partial charge is 0.481 e. The van der Waals surface area contributed by atoms with Gasteiger partial charge in [0.25, 0.3) is 0 Å². The Kier molecular flexibility index (Phi) is 3.78. The van der Waals surface area contributed by atoms with E-state index in [-0.39, 0.29) is 18.5 Å². The second-order valence-electron chi connectivity index (χ2n) is 5.84. The molecule has 2 aliphatic carbocycles. The van der Waals surface area contributed by atoms with Crippen LogP contribution in [0.15, 0.2) is 0 Å². The maximum atomic E-state index is 12.0. The molecule has 18 heavy (non-hydrogen) atoms. The summed E-state index contributed by atoms with van der Waals surface area (Å²) in [6.45, 7) is 2.96. The fourth-order valence-electron chi connectivity index (χ4n) is 2.38. The molecular weight excluding hydrogens is 232 g/mol. The van der Waals surface area contributed by atoms with Crippen LogP contribution in [0.4, 0.5) is 4.79 Å². The van der Waals surface area contributed by atoms with Crippen LogP contribution in [-0.4, -0.2) is 41.6 Å². The van der Waals surface area contributed by atoms with Crippen molar-refractivity contribution in [3.05, 3.63) is 0 Å². The quantitative estimate of drug-likeness (QED) is 0.755. The van der Waals surface area contributed by atoms with Crippen molar-refractivity contribution in [1.29, 1.82) is 0 Å². The van der Waals surface area contributed by atoms with Crippen molar-refractivity contribution in [3.8, 4) is 0 Å². The van der Waals surface area contributed by atoms with Crippen LogP contribution in [0.5, 0.6) is 0 Å². The molecule has 0 saturated heterocycles. The van der Waals surface area contributed by atoms with Crippen LogP contribution in [0.3, 0.4) is 0 Å². The minimum atomic E-state index is -0.842. The van der Waals surface area contributed by atoms with E-state index < -0.39 is 5.97 Å². The average molecular weight is 254 g/mol. The van der Waals surface area contributed by atoms with Gasteiger partial charge in [-0.1, -0.05) is 6.92 Å². The Bertz CT molecular complexity index is 341. The normalized spacial score (nSPS) is 27.4. The first-order chi connectivity index (χ1) is 8.47. The molecule has 0 heterocycles. The molecule has 0 radical (unpaired) electrons. The number of amides is 2. The van der Waals surface area contributed by atoms with Crippen molar-refractivity contribution in [1.82, 2.24) is 10.2 Å². The number of carboxylic acids is 1. The molecule has 2 fully saturated rings. The SMILES string of the molecule is CC1CC1CN(C)C(=O)NC(CC(=O)O)C1CC1. The third-order valence-corrected chi connectivity index (χ3v) is 4.03. The highest BCUT2D eigenvalue weighted by atomic mass is 16.4. The Labute approximate surface area is 108 Å². The van der Waals surface area contributed by atoms with Crippen molar-refractivity contribution in [2.75, 3.05) is 13.6 Å². The fourth-order valence-corrected chi connectivity index (χ4v) is 2.38. The van der Waals surface area contributed by atoms with Crippen molar-refractivity contribution in [3.63, 3.8) is 0 Å². The van der Waals surface area contributed by atoms with Gasteiger partial charge in [0, 0.05) is 19.6 Å². The molecule has 2 aliphatic rings. The Morgan fingerprint density at radius 3 is 2.50 bits per heavy atom. The Balaban J connectivity index is 1.78. The summed E-state index contributed by atoms with van der Waals surface area (Å²) >= 11 is 0. The van der Waals surface area contributed by atoms with E-state index in [2.05, 4.69) is 12.2 Å². The fraction of sp³-hybridized carbons (Fsp3) is 0.846. The van der Waals surface area contributed by atoms with Crippen LogP contribution >= 0.6 is 0 Å². The minimum Gasteiger partial charge on any atom is -0.481 e. The summed E-state index contributed by atoms with van der Waals surface area (Å²) in [4.78, 5) is 24.4. The summed E-state index contributed by atoms with van der Waals surface area (Å²) in [6.07, 6.45) is 3.28. The highest BCUT2D eigenvalue weighted by Gasteiger charge is 2.36. The lowest BCUT2D eigenvalue weighted by molar-refractivity contribution is -0.137. The standard InChI is InChI=1S/C13H22N2O3/c1-8-5-10(8)7-15(2)13(18)14-11(6-12(16)17)9-3-4-9/h8-11H,3-7H2,1-2H3,(H,14,18)(H,16,17). The number of nitrogens with one attached hydrogen (secondary N) is 1. The van der Waals surface area contributed by atoms with Gasteiger partial charge in [0.2, 0.25) is 0 Å². The van der Waals surface area contributed by atoms with E-state index in [0.29, 0.717) is 11.8 Å². The van der Waals surface area contributed by atoms with E-state index in [1.807, 2.05) is 0 Å². The van der Waals surface area contributed by atoms with Crippen molar-refractivity contribution in [2.45, 2.75) is 38.6 Å². The highest BCUT2D eigenvalue weighted by Crippen LogP contribution is 2.38. The first kappa shape index (κ1) is 13.2. The first-order valence-electron chi connectivity index (χ1n) is 6.70. The van der Waals surface area contributed by atoms with Crippen LogP contribution in [0.25, 0.3) is 0 Å². The summed E-state index contributed by atoms with van der Waals surface area (Å²) in [6, 6.07) is -0.332. The number of urea groups is 1. The first-order valence-corrected chi connectivity index (χ1v) is 6.70. The average Bonchev–Trinajstić information content (AvgIpc) is 3.14. The van der Waals surface area contributed by atoms with E-state index >= 15 is 0 Å². The van der Waals surface area contributed by atoms with Crippen LogP contribution < -0.4 is 5.32 Å². The molecule has 0 aliphatic heterocycles. The molecule has 2 saturated carbocycles. The molecule has 2 N–H and O–H groups in total. The lowest BCUT2D eigenvalue weighted by Gasteiger charge is -2.22. The van der Waals surface area contributed by atoms with E-state index in [1.165, 1.54) is 6.42 Å². The maximum Gasteiger partial charge on any atom is 0.317 e. The van der Waals surface area contributed by atoms with Crippen molar-refractivity contribution < 1.29 is 14.7 Å². The Morgan fingerprint density at radius 1 is 1.44 bits per heavy atom. The van der Waals surface area contributed by atoms with Gasteiger partial charge in [-0.3, -0.25) is 4.79 Å². The molecule has 0 aromatic heterocycles. The van der Waals surface area contributed by atoms with Crippen LogP contribution in [0.2, 0.25) is 0 Å². The van der Waals surface area contributed by atoms with E-state index in [0.717, 1.165) is 25.3 Å². The van der Waals surface area contributed by atoms with E-state index in [9.17, 15) is 9.59 Å². The third kappa shape index (κ3) is 3.62. The predicted molar refractivity (Wildman–Crippen MR) is 67.2 cm³/mol. The zero-order chi connectivity index (χ0) is 13.3. The molecule has 5 nitrogen and oxygen atoms in total. The zero-order valence-electron chi connectivity index (χ0n) is 11.1. The number of rotatable bonds is 6. The lowest BCUT2D eigenvalue weighted by atomic mass is 10.1. The van der Waals surface area contributed by atoms with E-state index in [1.54, 1.807) is 11.9 Å². The molecule has 2 amide bonds. The van der Waals surface area contributed by atoms with Crippen LogP contribution in [0, 0.1) is 17.8 Å². The number of hydrogen-bond acceptors (Lipinski definition) is 2. The second kappa shape index (κ2) is 5.16. The smallest absolute Gasteiger partial charge is 0.317 e. The number of nitrogens with zero attached hydrogens (tertiary/aromatic N) is 1. The van der Waals surface area contributed by atoms with Crippen molar-refractivity contribution >= 4 is 12.0 Å². The molecule has 0 aromatic rings. The number of carbonyl (C=O) groups excluding carboxylic acids is 1. The molecule has 3 atom stereocenters. The number of carbonyl (C=O) groups is 2. The van der Waals surface area contributed by atoms with Gasteiger partial charge < -0.3 is 15.3 Å². The van der Waals surface area contributed by atoms with Gasteiger partial charge in [-0.2, -0.15) is 0 Å². The molecule has 0 bridgehead atoms. The molecule has 0 aromatic carbocycles.